The fourth-order valence-corrected chi connectivity index (χ4v) is 5.10. The number of amides is 1. The van der Waals surface area contributed by atoms with E-state index >= 15 is 0 Å². The summed E-state index contributed by atoms with van der Waals surface area (Å²) in [5.74, 6) is 0.451. The third-order valence-corrected chi connectivity index (χ3v) is 7.31. The number of ether oxygens (including phenoxy) is 2. The summed E-state index contributed by atoms with van der Waals surface area (Å²) in [6.45, 7) is 1.09. The number of nitrogens with two attached hydrogens (primary N) is 1. The number of anilines is 1. The van der Waals surface area contributed by atoms with Crippen molar-refractivity contribution in [1.29, 1.82) is 0 Å². The summed E-state index contributed by atoms with van der Waals surface area (Å²) in [7, 11) is 1.77. The van der Waals surface area contributed by atoms with Crippen LogP contribution in [0.15, 0.2) is 66.9 Å². The Hall–Kier alpha value is -3.06. The first kappa shape index (κ1) is 23.7. The van der Waals surface area contributed by atoms with E-state index in [-0.39, 0.29) is 5.91 Å². The first-order valence-corrected chi connectivity index (χ1v) is 12.4. The Kier molecular flexibility index (Phi) is 6.95. The van der Waals surface area contributed by atoms with E-state index in [0.717, 1.165) is 53.6 Å². The molecule has 2 fully saturated rings. The summed E-state index contributed by atoms with van der Waals surface area (Å²) >= 11 is 0. The van der Waals surface area contributed by atoms with Gasteiger partial charge in [0.25, 0.3) is 0 Å². The molecule has 0 spiro atoms. The topological polar surface area (TPSA) is 86.5 Å². The first-order valence-electron chi connectivity index (χ1n) is 12.4. The molecule has 0 atom stereocenters. The third kappa shape index (κ3) is 5.30. The fourth-order valence-electron chi connectivity index (χ4n) is 5.10. The molecule has 1 saturated carbocycles. The van der Waals surface area contributed by atoms with Crippen LogP contribution in [0.25, 0.3) is 22.4 Å². The highest BCUT2D eigenvalue weighted by Gasteiger charge is 2.35. The zero-order chi connectivity index (χ0) is 24.3. The summed E-state index contributed by atoms with van der Waals surface area (Å²) in [5.41, 5.74) is 11.7. The standard InChI is InChI=1S/C29H33N3O3/c1-34-25-13-7-20(8-14-25)15-27(33)32-24-16-26(21-5-3-2-4-6-21)28(31-17-24)22-9-11-23(12-10-22)29(30)18-35-19-29/h2-6,9-12,16-17,20,25H,7-8,13-15,18-19,30H2,1H3,(H,32,33). The molecule has 2 aromatic carbocycles. The molecule has 1 aliphatic carbocycles. The molecule has 2 heterocycles. The van der Waals surface area contributed by atoms with Crippen LogP contribution in [-0.2, 0) is 19.8 Å². The monoisotopic (exact) mass is 471 g/mol. The second-order valence-corrected chi connectivity index (χ2v) is 9.84. The fraction of sp³-hybridized carbons (Fsp3) is 0.379. The van der Waals surface area contributed by atoms with Crippen molar-refractivity contribution in [3.05, 3.63) is 72.4 Å². The predicted octanol–water partition coefficient (Wildman–Crippen LogP) is 5.13. The molecule has 182 valence electrons. The number of carbonyl (C=O) groups excluding carboxylic acids is 1. The van der Waals surface area contributed by atoms with Gasteiger partial charge in [0.05, 0.1) is 42.4 Å². The number of pyridine rings is 1. The summed E-state index contributed by atoms with van der Waals surface area (Å²) in [4.78, 5) is 17.6. The Morgan fingerprint density at radius 1 is 1.06 bits per heavy atom. The molecule has 0 radical (unpaired) electrons. The number of nitrogens with one attached hydrogen (secondary N) is 1. The van der Waals surface area contributed by atoms with Crippen molar-refractivity contribution < 1.29 is 14.3 Å². The minimum absolute atomic E-state index is 0.0414. The van der Waals surface area contributed by atoms with Gasteiger partial charge in [0, 0.05) is 24.7 Å². The maximum Gasteiger partial charge on any atom is 0.224 e. The van der Waals surface area contributed by atoms with Crippen molar-refractivity contribution in [3.63, 3.8) is 0 Å². The maximum absolute atomic E-state index is 12.8. The van der Waals surface area contributed by atoms with Gasteiger partial charge in [-0.05, 0) is 48.8 Å². The lowest BCUT2D eigenvalue weighted by molar-refractivity contribution is -0.117. The number of benzene rings is 2. The molecular weight excluding hydrogens is 438 g/mol. The third-order valence-electron chi connectivity index (χ3n) is 7.31. The van der Waals surface area contributed by atoms with E-state index in [1.807, 2.05) is 24.3 Å². The average Bonchev–Trinajstić information content (AvgIpc) is 2.88. The van der Waals surface area contributed by atoms with Gasteiger partial charge in [0.2, 0.25) is 5.91 Å². The van der Waals surface area contributed by atoms with Crippen LogP contribution in [0.5, 0.6) is 0 Å². The highest BCUT2D eigenvalue weighted by Crippen LogP contribution is 2.35. The van der Waals surface area contributed by atoms with E-state index in [4.69, 9.17) is 20.2 Å². The molecule has 3 aromatic rings. The van der Waals surface area contributed by atoms with Crippen LogP contribution < -0.4 is 11.1 Å². The van der Waals surface area contributed by atoms with Gasteiger partial charge in [-0.25, -0.2) is 0 Å². The van der Waals surface area contributed by atoms with Gasteiger partial charge in [-0.3, -0.25) is 9.78 Å². The van der Waals surface area contributed by atoms with Gasteiger partial charge in [-0.2, -0.15) is 0 Å². The zero-order valence-corrected chi connectivity index (χ0v) is 20.2. The van der Waals surface area contributed by atoms with Crippen LogP contribution in [0.2, 0.25) is 0 Å². The van der Waals surface area contributed by atoms with Gasteiger partial charge < -0.3 is 20.5 Å². The molecule has 0 bridgehead atoms. The minimum atomic E-state index is -0.398. The summed E-state index contributed by atoms with van der Waals surface area (Å²) in [5, 5.41) is 3.08. The molecular formula is C29H33N3O3. The Morgan fingerprint density at radius 2 is 1.77 bits per heavy atom. The highest BCUT2D eigenvalue weighted by molar-refractivity contribution is 5.92. The molecule has 1 aromatic heterocycles. The van der Waals surface area contributed by atoms with Crippen LogP contribution in [0.3, 0.4) is 0 Å². The Morgan fingerprint density at radius 3 is 2.40 bits per heavy atom. The van der Waals surface area contributed by atoms with Crippen LogP contribution in [0, 0.1) is 5.92 Å². The molecule has 6 nitrogen and oxygen atoms in total. The number of aromatic nitrogens is 1. The molecule has 5 rings (SSSR count). The predicted molar refractivity (Wildman–Crippen MR) is 138 cm³/mol. The lowest BCUT2D eigenvalue weighted by Gasteiger charge is -2.38. The van der Waals surface area contributed by atoms with Crippen molar-refractivity contribution in [3.8, 4) is 22.4 Å². The molecule has 6 heteroatoms. The number of hydrogen-bond acceptors (Lipinski definition) is 5. The first-order chi connectivity index (χ1) is 17.0. The lowest BCUT2D eigenvalue weighted by atomic mass is 9.85. The number of rotatable bonds is 7. The van der Waals surface area contributed by atoms with E-state index in [1.165, 1.54) is 0 Å². The smallest absolute Gasteiger partial charge is 0.224 e. The zero-order valence-electron chi connectivity index (χ0n) is 20.2. The van der Waals surface area contributed by atoms with Gasteiger partial charge in [0.1, 0.15) is 0 Å². The average molecular weight is 472 g/mol. The SMILES string of the molecule is COC1CCC(CC(=O)Nc2cnc(-c3ccc(C4(N)COC4)cc3)c(-c3ccccc3)c2)CC1. The Balaban J connectivity index is 1.36. The number of hydrogen-bond donors (Lipinski definition) is 2. The lowest BCUT2D eigenvalue weighted by Crippen LogP contribution is -2.54. The van der Waals surface area contributed by atoms with Crippen molar-refractivity contribution in [1.82, 2.24) is 4.98 Å². The molecule has 2 aliphatic rings. The van der Waals surface area contributed by atoms with Gasteiger partial charge in [-0.15, -0.1) is 0 Å². The van der Waals surface area contributed by atoms with Crippen molar-refractivity contribution in [2.24, 2.45) is 11.7 Å². The van der Waals surface area contributed by atoms with Crippen molar-refractivity contribution >= 4 is 11.6 Å². The van der Waals surface area contributed by atoms with Crippen LogP contribution >= 0.6 is 0 Å². The summed E-state index contributed by atoms with van der Waals surface area (Å²) in [6.07, 6.45) is 6.74. The Labute approximate surface area is 206 Å². The van der Waals surface area contributed by atoms with Crippen LogP contribution in [-0.4, -0.2) is 37.3 Å². The van der Waals surface area contributed by atoms with Crippen LogP contribution in [0.1, 0.15) is 37.7 Å². The largest absolute Gasteiger partial charge is 0.381 e. The second kappa shape index (κ2) is 10.3. The van der Waals surface area contributed by atoms with Gasteiger partial charge >= 0.3 is 0 Å². The highest BCUT2D eigenvalue weighted by atomic mass is 16.5. The van der Waals surface area contributed by atoms with Crippen LogP contribution in [0.4, 0.5) is 5.69 Å². The molecule has 0 unspecified atom stereocenters. The molecule has 3 N–H and O–H groups in total. The molecule has 1 amide bonds. The normalized spacial score (nSPS) is 21.2. The molecule has 1 saturated heterocycles. The van der Waals surface area contributed by atoms with Gasteiger partial charge in [-0.1, -0.05) is 54.6 Å². The Bertz CT molecular complexity index is 1150. The number of methoxy groups -OCH3 is 1. The quantitative estimate of drug-likeness (QED) is 0.499. The van der Waals surface area contributed by atoms with E-state index in [9.17, 15) is 4.79 Å². The number of carbonyl (C=O) groups is 1. The number of nitrogens with zero attached hydrogens (tertiary/aromatic N) is 1. The molecule has 1 aliphatic heterocycles. The van der Waals surface area contributed by atoms with E-state index in [2.05, 4.69) is 41.7 Å². The summed E-state index contributed by atoms with van der Waals surface area (Å²) < 4.78 is 10.8. The summed E-state index contributed by atoms with van der Waals surface area (Å²) in [6, 6.07) is 20.4. The van der Waals surface area contributed by atoms with E-state index in [1.54, 1.807) is 13.3 Å². The second-order valence-electron chi connectivity index (χ2n) is 9.84. The molecule has 35 heavy (non-hydrogen) atoms. The van der Waals surface area contributed by atoms with E-state index in [0.29, 0.717) is 37.3 Å². The van der Waals surface area contributed by atoms with Gasteiger partial charge in [0.15, 0.2) is 0 Å². The van der Waals surface area contributed by atoms with Crippen molar-refractivity contribution in [2.75, 3.05) is 25.6 Å². The van der Waals surface area contributed by atoms with E-state index < -0.39 is 5.54 Å². The van der Waals surface area contributed by atoms with Crippen molar-refractivity contribution in [2.45, 2.75) is 43.7 Å². The maximum atomic E-state index is 12.8. The minimum Gasteiger partial charge on any atom is -0.381 e.